The Morgan fingerprint density at radius 3 is 1.93 bits per heavy atom. The smallest absolute Gasteiger partial charge is 0.206 e. The molecule has 0 saturated heterocycles. The Hall–Kier alpha value is -1.39. The van der Waals surface area contributed by atoms with Crippen molar-refractivity contribution in [2.24, 2.45) is 0 Å². The van der Waals surface area contributed by atoms with Gasteiger partial charge in [-0.3, -0.25) is 0 Å². The van der Waals surface area contributed by atoms with Gasteiger partial charge < -0.3 is 0 Å². The summed E-state index contributed by atoms with van der Waals surface area (Å²) in [5.41, 5.74) is -0.690. The zero-order chi connectivity index (χ0) is 10.8. The Morgan fingerprint density at radius 1 is 1.00 bits per heavy atom. The largest absolute Gasteiger partial charge is 0.409 e. The van der Waals surface area contributed by atoms with Crippen LogP contribution < -0.4 is 0 Å². The van der Waals surface area contributed by atoms with Crippen molar-refractivity contribution in [3.63, 3.8) is 0 Å². The van der Waals surface area contributed by atoms with E-state index in [0.29, 0.717) is 6.08 Å². The van der Waals surface area contributed by atoms with Crippen LogP contribution in [0.3, 0.4) is 0 Å². The Balaban J connectivity index is 3.03. The van der Waals surface area contributed by atoms with E-state index in [9.17, 15) is 22.0 Å². The fraction of sp³-hybridized carbons (Fsp3) is 0.111. The first-order valence-corrected chi connectivity index (χ1v) is 3.60. The predicted molar refractivity (Wildman–Crippen MR) is 41.4 cm³/mol. The summed E-state index contributed by atoms with van der Waals surface area (Å²) < 4.78 is 60.6. The highest BCUT2D eigenvalue weighted by atomic mass is 19.4. The molecule has 0 aliphatic rings. The topological polar surface area (TPSA) is 0 Å². The second-order valence-corrected chi connectivity index (χ2v) is 2.51. The molecule has 0 bridgehead atoms. The first kappa shape index (κ1) is 10.7. The van der Waals surface area contributed by atoms with Crippen LogP contribution in [0.1, 0.15) is 5.56 Å². The van der Waals surface area contributed by atoms with Crippen molar-refractivity contribution in [3.05, 3.63) is 41.5 Å². The lowest BCUT2D eigenvalue weighted by Crippen LogP contribution is -2.01. The molecule has 76 valence electrons. The molecule has 0 spiro atoms. The molecule has 1 aromatic carbocycles. The van der Waals surface area contributed by atoms with E-state index in [0.717, 1.165) is 18.2 Å². The maximum atomic E-state index is 12.8. The van der Waals surface area contributed by atoms with Gasteiger partial charge in [-0.05, 0) is 18.2 Å². The number of halogens is 5. The van der Waals surface area contributed by atoms with Crippen molar-refractivity contribution in [3.8, 4) is 0 Å². The zero-order valence-corrected chi connectivity index (χ0v) is 6.78. The number of alkyl halides is 3. The molecule has 1 rings (SSSR count). The van der Waals surface area contributed by atoms with Gasteiger partial charge >= 0.3 is 6.18 Å². The van der Waals surface area contributed by atoms with E-state index in [1.807, 2.05) is 0 Å². The summed E-state index contributed by atoms with van der Waals surface area (Å²) in [6.07, 6.45) is -4.42. The fourth-order valence-electron chi connectivity index (χ4n) is 0.848. The van der Waals surface area contributed by atoms with Crippen molar-refractivity contribution >= 4 is 6.08 Å². The quantitative estimate of drug-likeness (QED) is 0.619. The van der Waals surface area contributed by atoms with Crippen LogP contribution in [0.5, 0.6) is 0 Å². The van der Waals surface area contributed by atoms with Gasteiger partial charge in [0.1, 0.15) is 11.6 Å². The molecule has 0 aliphatic heterocycles. The van der Waals surface area contributed by atoms with Crippen LogP contribution in [0.15, 0.2) is 24.3 Å². The highest BCUT2D eigenvalue weighted by molar-refractivity contribution is 5.51. The number of rotatable bonds is 1. The van der Waals surface area contributed by atoms with E-state index < -0.39 is 23.4 Å². The first-order chi connectivity index (χ1) is 6.40. The molecule has 0 aromatic heterocycles. The number of hydrogen-bond donors (Lipinski definition) is 0. The third kappa shape index (κ3) is 2.83. The molecule has 0 saturated carbocycles. The Kier molecular flexibility index (Phi) is 2.88. The molecule has 0 aliphatic carbocycles. The van der Waals surface area contributed by atoms with Crippen molar-refractivity contribution in [2.45, 2.75) is 6.18 Å². The Morgan fingerprint density at radius 2 is 1.50 bits per heavy atom. The average molecular weight is 208 g/mol. The van der Waals surface area contributed by atoms with E-state index >= 15 is 0 Å². The highest BCUT2D eigenvalue weighted by Gasteiger charge is 2.22. The molecule has 0 heterocycles. The first-order valence-electron chi connectivity index (χ1n) is 3.60. The lowest BCUT2D eigenvalue weighted by Gasteiger charge is -2.00. The summed E-state index contributed by atoms with van der Waals surface area (Å²) in [4.78, 5) is 0. The van der Waals surface area contributed by atoms with Crippen molar-refractivity contribution in [1.29, 1.82) is 0 Å². The minimum Gasteiger partial charge on any atom is -0.206 e. The number of allylic oxidation sites excluding steroid dienone is 1. The van der Waals surface area contributed by atoms with E-state index in [1.165, 1.54) is 0 Å². The van der Waals surface area contributed by atoms with Crippen LogP contribution in [-0.2, 0) is 0 Å². The molecule has 0 unspecified atom stereocenters. The van der Waals surface area contributed by atoms with Gasteiger partial charge in [0, 0.05) is 11.6 Å². The molecule has 0 amide bonds. The van der Waals surface area contributed by atoms with Crippen LogP contribution in [0, 0.1) is 11.6 Å². The SMILES string of the molecule is Fc1cccc(F)c1/C=C/C(F)(F)F. The minimum atomic E-state index is -4.57. The summed E-state index contributed by atoms with van der Waals surface area (Å²) in [6.45, 7) is 0. The summed E-state index contributed by atoms with van der Waals surface area (Å²) in [5.74, 6) is -2.05. The van der Waals surface area contributed by atoms with Crippen molar-refractivity contribution < 1.29 is 22.0 Å². The summed E-state index contributed by atoms with van der Waals surface area (Å²) in [5, 5.41) is 0. The van der Waals surface area contributed by atoms with Gasteiger partial charge in [-0.25, -0.2) is 8.78 Å². The molecule has 1 aromatic rings. The molecule has 0 N–H and O–H groups in total. The highest BCUT2D eigenvalue weighted by Crippen LogP contribution is 2.20. The molecule has 5 heteroatoms. The molecular weight excluding hydrogens is 203 g/mol. The van der Waals surface area contributed by atoms with Gasteiger partial charge in [0.15, 0.2) is 0 Å². The maximum Gasteiger partial charge on any atom is 0.409 e. The normalized spacial score (nSPS) is 12.4. The van der Waals surface area contributed by atoms with Crippen molar-refractivity contribution in [2.75, 3.05) is 0 Å². The van der Waals surface area contributed by atoms with Gasteiger partial charge in [-0.2, -0.15) is 13.2 Å². The van der Waals surface area contributed by atoms with Gasteiger partial charge in [0.05, 0.1) is 0 Å². The van der Waals surface area contributed by atoms with E-state index in [2.05, 4.69) is 0 Å². The third-order valence-electron chi connectivity index (χ3n) is 1.44. The second kappa shape index (κ2) is 3.77. The third-order valence-corrected chi connectivity index (χ3v) is 1.44. The lowest BCUT2D eigenvalue weighted by atomic mass is 10.2. The molecule has 0 nitrogen and oxygen atoms in total. The molecular formula is C9H5F5. The van der Waals surface area contributed by atoms with Crippen LogP contribution >= 0.6 is 0 Å². The molecule has 0 atom stereocenters. The lowest BCUT2D eigenvalue weighted by molar-refractivity contribution is -0.0790. The monoisotopic (exact) mass is 208 g/mol. The average Bonchev–Trinajstić information content (AvgIpc) is 2.01. The van der Waals surface area contributed by atoms with E-state index in [4.69, 9.17) is 0 Å². The number of benzene rings is 1. The van der Waals surface area contributed by atoms with Crippen LogP contribution in [0.25, 0.3) is 6.08 Å². The summed E-state index contributed by atoms with van der Waals surface area (Å²) in [7, 11) is 0. The van der Waals surface area contributed by atoms with E-state index in [-0.39, 0.29) is 6.08 Å². The second-order valence-electron chi connectivity index (χ2n) is 2.51. The van der Waals surface area contributed by atoms with Crippen LogP contribution in [0.2, 0.25) is 0 Å². The molecule has 14 heavy (non-hydrogen) atoms. The van der Waals surface area contributed by atoms with Gasteiger partial charge in [-0.1, -0.05) is 6.07 Å². The predicted octanol–water partition coefficient (Wildman–Crippen LogP) is 3.54. The fourth-order valence-corrected chi connectivity index (χ4v) is 0.848. The van der Waals surface area contributed by atoms with Crippen LogP contribution in [-0.4, -0.2) is 6.18 Å². The summed E-state index contributed by atoms with van der Waals surface area (Å²) >= 11 is 0. The molecule has 0 radical (unpaired) electrons. The van der Waals surface area contributed by atoms with Gasteiger partial charge in [0.2, 0.25) is 0 Å². The molecule has 0 fully saturated rings. The minimum absolute atomic E-state index is 0.214. The zero-order valence-electron chi connectivity index (χ0n) is 6.78. The van der Waals surface area contributed by atoms with Gasteiger partial charge in [0.25, 0.3) is 0 Å². The van der Waals surface area contributed by atoms with E-state index in [1.54, 1.807) is 0 Å². The Bertz CT molecular complexity index is 330. The standard InChI is InChI=1S/C9H5F5/c10-7-2-1-3-8(11)6(7)4-5-9(12,13)14/h1-5H/b5-4+. The van der Waals surface area contributed by atoms with Gasteiger partial charge in [-0.15, -0.1) is 0 Å². The summed E-state index contributed by atoms with van der Waals surface area (Å²) in [6, 6.07) is 2.86. The Labute approximate surface area is 76.7 Å². The van der Waals surface area contributed by atoms with Crippen molar-refractivity contribution in [1.82, 2.24) is 0 Å². The van der Waals surface area contributed by atoms with Crippen LogP contribution in [0.4, 0.5) is 22.0 Å². The maximum absolute atomic E-state index is 12.8. The number of hydrogen-bond acceptors (Lipinski definition) is 0.